The molecule has 2 heteroatoms. The van der Waals surface area contributed by atoms with Gasteiger partial charge in [0.2, 0.25) is 0 Å². The van der Waals surface area contributed by atoms with Gasteiger partial charge >= 0.3 is 0 Å². The number of halogens is 1. The third-order valence-corrected chi connectivity index (χ3v) is 3.88. The molecule has 16 heavy (non-hydrogen) atoms. The summed E-state index contributed by atoms with van der Waals surface area (Å²) in [4.78, 5) is 12.3. The number of carbonyl (C=O) groups is 1. The highest BCUT2D eigenvalue weighted by Crippen LogP contribution is 2.42. The summed E-state index contributed by atoms with van der Waals surface area (Å²) in [5, 5.41) is 0.789. The second-order valence-electron chi connectivity index (χ2n) is 6.17. The molecule has 0 heterocycles. The molecular weight excluding hydrogens is 220 g/mol. The molecule has 1 fully saturated rings. The van der Waals surface area contributed by atoms with Crippen molar-refractivity contribution in [3.8, 4) is 0 Å². The summed E-state index contributed by atoms with van der Waals surface area (Å²) in [6.07, 6.45) is 6.77. The van der Waals surface area contributed by atoms with Crippen molar-refractivity contribution in [3.05, 3.63) is 11.1 Å². The van der Waals surface area contributed by atoms with Gasteiger partial charge in [-0.15, -0.1) is 0 Å². The molecule has 1 nitrogen and oxygen atoms in total. The quantitative estimate of drug-likeness (QED) is 0.642. The summed E-state index contributed by atoms with van der Waals surface area (Å²) in [5.74, 6) is 0.407. The van der Waals surface area contributed by atoms with Crippen molar-refractivity contribution in [2.24, 2.45) is 10.8 Å². The summed E-state index contributed by atoms with van der Waals surface area (Å²) in [6, 6.07) is 0. The van der Waals surface area contributed by atoms with Gasteiger partial charge < -0.3 is 0 Å². The van der Waals surface area contributed by atoms with Gasteiger partial charge in [0.15, 0.2) is 0 Å². The van der Waals surface area contributed by atoms with Crippen LogP contribution in [-0.4, -0.2) is 5.78 Å². The molecule has 0 aromatic carbocycles. The highest BCUT2D eigenvalue weighted by atomic mass is 35.5. The molecular formula is C14H23ClO. The van der Waals surface area contributed by atoms with E-state index in [0.717, 1.165) is 30.7 Å². The monoisotopic (exact) mass is 242 g/mol. The van der Waals surface area contributed by atoms with Gasteiger partial charge in [-0.05, 0) is 31.6 Å². The third-order valence-electron chi connectivity index (χ3n) is 3.73. The van der Waals surface area contributed by atoms with Crippen LogP contribution in [0.2, 0.25) is 0 Å². The molecule has 1 atom stereocenters. The van der Waals surface area contributed by atoms with E-state index in [4.69, 9.17) is 11.6 Å². The molecule has 0 radical (unpaired) electrons. The van der Waals surface area contributed by atoms with Crippen LogP contribution in [0.3, 0.4) is 0 Å². The Morgan fingerprint density at radius 3 is 2.56 bits per heavy atom. The zero-order chi connectivity index (χ0) is 12.4. The Hall–Kier alpha value is -0.300. The zero-order valence-corrected chi connectivity index (χ0v) is 11.7. The standard InChI is InChI=1S/C14H23ClO/c1-11(15)6-9-14(4)8-5-7-13(2,3)10-12(14)16/h6H,5,7-10H2,1-4H3/b11-6-/t14-/m0/s1. The van der Waals surface area contributed by atoms with E-state index in [1.165, 1.54) is 0 Å². The van der Waals surface area contributed by atoms with Gasteiger partial charge in [-0.2, -0.15) is 0 Å². The first kappa shape index (κ1) is 13.8. The fraction of sp³-hybridized carbons (Fsp3) is 0.786. The maximum Gasteiger partial charge on any atom is 0.139 e. The lowest BCUT2D eigenvalue weighted by atomic mass is 9.76. The van der Waals surface area contributed by atoms with Gasteiger partial charge in [0.05, 0.1) is 0 Å². The van der Waals surface area contributed by atoms with Crippen molar-refractivity contribution < 1.29 is 4.79 Å². The Morgan fingerprint density at radius 1 is 1.38 bits per heavy atom. The van der Waals surface area contributed by atoms with Crippen LogP contribution in [0.1, 0.15) is 59.8 Å². The maximum atomic E-state index is 12.3. The van der Waals surface area contributed by atoms with Crippen LogP contribution < -0.4 is 0 Å². The smallest absolute Gasteiger partial charge is 0.139 e. The predicted molar refractivity (Wildman–Crippen MR) is 69.6 cm³/mol. The largest absolute Gasteiger partial charge is 0.299 e. The summed E-state index contributed by atoms with van der Waals surface area (Å²) < 4.78 is 0. The van der Waals surface area contributed by atoms with Crippen LogP contribution >= 0.6 is 11.6 Å². The minimum absolute atomic E-state index is 0.175. The second kappa shape index (κ2) is 4.91. The minimum atomic E-state index is -0.191. The van der Waals surface area contributed by atoms with Crippen molar-refractivity contribution in [1.82, 2.24) is 0 Å². The van der Waals surface area contributed by atoms with Crippen LogP contribution in [0.25, 0.3) is 0 Å². The Bertz CT molecular complexity index is 300. The third kappa shape index (κ3) is 3.62. The van der Waals surface area contributed by atoms with Gasteiger partial charge in [-0.3, -0.25) is 4.79 Å². The lowest BCUT2D eigenvalue weighted by molar-refractivity contribution is -0.129. The molecule has 1 aliphatic rings. The van der Waals surface area contributed by atoms with Crippen molar-refractivity contribution in [2.75, 3.05) is 0 Å². The normalized spacial score (nSPS) is 31.3. The highest BCUT2D eigenvalue weighted by Gasteiger charge is 2.38. The SMILES string of the molecule is C/C(Cl)=C/C[C@]1(C)CCCC(C)(C)CC1=O. The van der Waals surface area contributed by atoms with E-state index < -0.39 is 0 Å². The number of allylic oxidation sites excluding steroid dienone is 2. The first-order valence-corrected chi connectivity index (χ1v) is 6.49. The van der Waals surface area contributed by atoms with Gasteiger partial charge in [0.25, 0.3) is 0 Å². The Kier molecular flexibility index (Phi) is 4.23. The molecule has 1 rings (SSSR count). The lowest BCUT2D eigenvalue weighted by Gasteiger charge is -2.26. The molecule has 0 aliphatic heterocycles. The molecule has 1 saturated carbocycles. The second-order valence-corrected chi connectivity index (χ2v) is 6.77. The maximum absolute atomic E-state index is 12.3. The van der Waals surface area contributed by atoms with Gasteiger partial charge in [0.1, 0.15) is 5.78 Å². The summed E-state index contributed by atoms with van der Waals surface area (Å²) in [5.41, 5.74) is -0.0154. The number of rotatable bonds is 2. The first-order chi connectivity index (χ1) is 7.25. The number of carbonyl (C=O) groups excluding carboxylic acids is 1. The van der Waals surface area contributed by atoms with Crippen LogP contribution in [0.4, 0.5) is 0 Å². The van der Waals surface area contributed by atoms with E-state index in [1.54, 1.807) is 0 Å². The van der Waals surface area contributed by atoms with Crippen LogP contribution in [-0.2, 0) is 4.79 Å². The molecule has 0 aromatic rings. The topological polar surface area (TPSA) is 17.1 Å². The average molecular weight is 243 g/mol. The van der Waals surface area contributed by atoms with Crippen LogP contribution in [0.15, 0.2) is 11.1 Å². The first-order valence-electron chi connectivity index (χ1n) is 6.11. The average Bonchev–Trinajstić information content (AvgIpc) is 2.22. The van der Waals surface area contributed by atoms with E-state index in [2.05, 4.69) is 20.8 Å². The van der Waals surface area contributed by atoms with Crippen molar-refractivity contribution in [2.45, 2.75) is 59.8 Å². The van der Waals surface area contributed by atoms with E-state index in [1.807, 2.05) is 13.0 Å². The molecule has 0 bridgehead atoms. The Morgan fingerprint density at radius 2 is 2.00 bits per heavy atom. The number of Topliss-reactive ketones (excluding diaryl/α,β-unsaturated/α-hetero) is 1. The minimum Gasteiger partial charge on any atom is -0.299 e. The molecule has 0 unspecified atom stereocenters. The van der Waals surface area contributed by atoms with Gasteiger partial charge in [-0.1, -0.05) is 44.9 Å². The van der Waals surface area contributed by atoms with Crippen molar-refractivity contribution >= 4 is 17.4 Å². The Balaban J connectivity index is 2.80. The zero-order valence-electron chi connectivity index (χ0n) is 10.9. The molecule has 0 N–H and O–H groups in total. The van der Waals surface area contributed by atoms with Crippen molar-refractivity contribution in [1.29, 1.82) is 0 Å². The molecule has 0 saturated heterocycles. The Labute approximate surface area is 104 Å². The fourth-order valence-electron chi connectivity index (χ4n) is 2.41. The van der Waals surface area contributed by atoms with E-state index >= 15 is 0 Å². The van der Waals surface area contributed by atoms with Gasteiger partial charge in [-0.25, -0.2) is 0 Å². The predicted octanol–water partition coefficient (Wildman–Crippen LogP) is 4.69. The molecule has 0 amide bonds. The molecule has 0 spiro atoms. The number of hydrogen-bond donors (Lipinski definition) is 0. The van der Waals surface area contributed by atoms with E-state index in [-0.39, 0.29) is 10.8 Å². The van der Waals surface area contributed by atoms with Gasteiger partial charge in [0, 0.05) is 16.9 Å². The number of hydrogen-bond acceptors (Lipinski definition) is 1. The lowest BCUT2D eigenvalue weighted by Crippen LogP contribution is -2.28. The van der Waals surface area contributed by atoms with Crippen LogP contribution in [0.5, 0.6) is 0 Å². The molecule has 92 valence electrons. The summed E-state index contributed by atoms with van der Waals surface area (Å²) in [6.45, 7) is 8.35. The van der Waals surface area contributed by atoms with E-state index in [0.29, 0.717) is 12.2 Å². The molecule has 0 aromatic heterocycles. The summed E-state index contributed by atoms with van der Waals surface area (Å²) in [7, 11) is 0. The fourth-order valence-corrected chi connectivity index (χ4v) is 2.49. The highest BCUT2D eigenvalue weighted by molar-refractivity contribution is 6.29. The van der Waals surface area contributed by atoms with Crippen molar-refractivity contribution in [3.63, 3.8) is 0 Å². The van der Waals surface area contributed by atoms with Crippen LogP contribution in [0, 0.1) is 10.8 Å². The molecule has 1 aliphatic carbocycles. The summed E-state index contributed by atoms with van der Waals surface area (Å²) >= 11 is 5.85. The number of ketones is 1. The van der Waals surface area contributed by atoms with E-state index in [9.17, 15) is 4.79 Å².